The Labute approximate surface area is 119 Å². The van der Waals surface area contributed by atoms with Crippen LogP contribution in [0.1, 0.15) is 38.3 Å². The molecule has 0 radical (unpaired) electrons. The second-order valence-electron chi connectivity index (χ2n) is 5.82. The molecule has 0 atom stereocenters. The summed E-state index contributed by atoms with van der Waals surface area (Å²) in [5.41, 5.74) is 7.01. The maximum Gasteiger partial charge on any atom is 0.407 e. The Hall–Kier alpha value is -1.78. The number of nitrogen functional groups attached to an aromatic ring is 1. The molecule has 0 spiro atoms. The van der Waals surface area contributed by atoms with Crippen molar-refractivity contribution < 1.29 is 13.9 Å². The molecule has 0 saturated carbocycles. The molecule has 0 unspecified atom stereocenters. The van der Waals surface area contributed by atoms with Crippen LogP contribution in [0.5, 0.6) is 0 Å². The predicted molar refractivity (Wildman–Crippen MR) is 78.1 cm³/mol. The number of alkyl carbamates (subject to hydrolysis) is 1. The van der Waals surface area contributed by atoms with Gasteiger partial charge in [-0.3, -0.25) is 0 Å². The predicted octanol–water partition coefficient (Wildman–Crippen LogP) is 3.17. The Morgan fingerprint density at radius 2 is 2.05 bits per heavy atom. The third-order valence-electron chi connectivity index (χ3n) is 2.77. The number of nitrogens with one attached hydrogen (secondary N) is 1. The van der Waals surface area contributed by atoms with E-state index in [9.17, 15) is 9.18 Å². The van der Waals surface area contributed by atoms with Crippen LogP contribution in [-0.4, -0.2) is 18.2 Å². The zero-order valence-corrected chi connectivity index (χ0v) is 12.5. The van der Waals surface area contributed by atoms with E-state index in [-0.39, 0.29) is 5.82 Å². The number of anilines is 1. The Morgan fingerprint density at radius 1 is 1.40 bits per heavy atom. The number of nitrogens with two attached hydrogens (primary N) is 1. The lowest BCUT2D eigenvalue weighted by Crippen LogP contribution is -2.33. The molecule has 0 bridgehead atoms. The van der Waals surface area contributed by atoms with Gasteiger partial charge in [0.2, 0.25) is 0 Å². The molecule has 20 heavy (non-hydrogen) atoms. The standard InChI is InChI=1S/C15H23FN2O2/c1-10-11(8-12(17)9-13(10)16)6-5-7-18-14(19)20-15(2,3)4/h8-9H,5-7,17H2,1-4H3,(H,18,19). The molecule has 3 N–H and O–H groups in total. The Bertz CT molecular complexity index is 481. The number of ether oxygens (including phenoxy) is 1. The Morgan fingerprint density at radius 3 is 2.65 bits per heavy atom. The second kappa shape index (κ2) is 6.59. The second-order valence-corrected chi connectivity index (χ2v) is 5.82. The molecule has 0 saturated heterocycles. The summed E-state index contributed by atoms with van der Waals surface area (Å²) < 4.78 is 18.6. The van der Waals surface area contributed by atoms with E-state index in [2.05, 4.69) is 5.32 Å². The molecular weight excluding hydrogens is 259 g/mol. The van der Waals surface area contributed by atoms with Crippen LogP contribution in [0.2, 0.25) is 0 Å². The lowest BCUT2D eigenvalue weighted by atomic mass is 10.0. The first-order valence-corrected chi connectivity index (χ1v) is 6.70. The third-order valence-corrected chi connectivity index (χ3v) is 2.77. The molecule has 5 heteroatoms. The third kappa shape index (κ3) is 5.47. The molecular formula is C15H23FN2O2. The largest absolute Gasteiger partial charge is 0.444 e. The van der Waals surface area contributed by atoms with Gasteiger partial charge < -0.3 is 15.8 Å². The monoisotopic (exact) mass is 282 g/mol. The molecule has 1 amide bonds. The van der Waals surface area contributed by atoms with Gasteiger partial charge in [-0.25, -0.2) is 9.18 Å². The van der Waals surface area contributed by atoms with Crippen molar-refractivity contribution in [2.75, 3.05) is 12.3 Å². The number of carbonyl (C=O) groups excluding carboxylic acids is 1. The number of amides is 1. The zero-order chi connectivity index (χ0) is 15.3. The molecule has 112 valence electrons. The highest BCUT2D eigenvalue weighted by Crippen LogP contribution is 2.18. The van der Waals surface area contributed by atoms with E-state index < -0.39 is 11.7 Å². The van der Waals surface area contributed by atoms with Gasteiger partial charge in [0.1, 0.15) is 11.4 Å². The minimum atomic E-state index is -0.502. The van der Waals surface area contributed by atoms with Crippen LogP contribution in [0, 0.1) is 12.7 Å². The van der Waals surface area contributed by atoms with Crippen LogP contribution in [0.4, 0.5) is 14.9 Å². The number of carbonyl (C=O) groups is 1. The fourth-order valence-corrected chi connectivity index (χ4v) is 1.80. The van der Waals surface area contributed by atoms with Crippen molar-refractivity contribution in [3.05, 3.63) is 29.1 Å². The first kappa shape index (κ1) is 16.3. The van der Waals surface area contributed by atoms with Crippen molar-refractivity contribution in [2.24, 2.45) is 0 Å². The summed E-state index contributed by atoms with van der Waals surface area (Å²) in [6, 6.07) is 3.09. The van der Waals surface area contributed by atoms with E-state index in [1.165, 1.54) is 6.07 Å². The minimum Gasteiger partial charge on any atom is -0.444 e. The highest BCUT2D eigenvalue weighted by atomic mass is 19.1. The molecule has 0 heterocycles. The molecule has 1 rings (SSSR count). The lowest BCUT2D eigenvalue weighted by molar-refractivity contribution is 0.0527. The van der Waals surface area contributed by atoms with Crippen LogP contribution in [0.3, 0.4) is 0 Å². The Kier molecular flexibility index (Phi) is 5.36. The quantitative estimate of drug-likeness (QED) is 0.658. The van der Waals surface area contributed by atoms with Crippen molar-refractivity contribution in [3.63, 3.8) is 0 Å². The van der Waals surface area contributed by atoms with Gasteiger partial charge in [-0.1, -0.05) is 0 Å². The molecule has 0 aliphatic heterocycles. The van der Waals surface area contributed by atoms with Gasteiger partial charge >= 0.3 is 6.09 Å². The van der Waals surface area contributed by atoms with Gasteiger partial charge in [-0.05, 0) is 63.8 Å². The van der Waals surface area contributed by atoms with Crippen LogP contribution < -0.4 is 11.1 Å². The van der Waals surface area contributed by atoms with Crippen LogP contribution in [0.25, 0.3) is 0 Å². The van der Waals surface area contributed by atoms with Crippen molar-refractivity contribution in [3.8, 4) is 0 Å². The van der Waals surface area contributed by atoms with Crippen molar-refractivity contribution >= 4 is 11.8 Å². The van der Waals surface area contributed by atoms with Crippen molar-refractivity contribution in [1.82, 2.24) is 5.32 Å². The minimum absolute atomic E-state index is 0.292. The zero-order valence-electron chi connectivity index (χ0n) is 12.5. The normalized spacial score (nSPS) is 11.2. The number of rotatable bonds is 4. The molecule has 4 nitrogen and oxygen atoms in total. The van der Waals surface area contributed by atoms with E-state index in [4.69, 9.17) is 10.5 Å². The van der Waals surface area contributed by atoms with Gasteiger partial charge in [0, 0.05) is 12.2 Å². The van der Waals surface area contributed by atoms with Crippen LogP contribution in [-0.2, 0) is 11.2 Å². The summed E-state index contributed by atoms with van der Waals surface area (Å²) >= 11 is 0. The smallest absolute Gasteiger partial charge is 0.407 e. The molecule has 0 aromatic heterocycles. The maximum absolute atomic E-state index is 13.5. The number of hydrogen-bond donors (Lipinski definition) is 2. The van der Waals surface area contributed by atoms with Gasteiger partial charge in [-0.2, -0.15) is 0 Å². The average molecular weight is 282 g/mol. The van der Waals surface area contributed by atoms with Crippen LogP contribution >= 0.6 is 0 Å². The fraction of sp³-hybridized carbons (Fsp3) is 0.533. The highest BCUT2D eigenvalue weighted by Gasteiger charge is 2.15. The summed E-state index contributed by atoms with van der Waals surface area (Å²) in [5, 5.41) is 2.67. The summed E-state index contributed by atoms with van der Waals surface area (Å²) in [6.07, 6.45) is 0.917. The van der Waals surface area contributed by atoms with Gasteiger partial charge in [0.15, 0.2) is 0 Å². The summed E-state index contributed by atoms with van der Waals surface area (Å²) in [6.45, 7) is 7.64. The van der Waals surface area contributed by atoms with Crippen molar-refractivity contribution in [1.29, 1.82) is 0 Å². The molecule has 0 aliphatic carbocycles. The lowest BCUT2D eigenvalue weighted by Gasteiger charge is -2.19. The summed E-state index contributed by atoms with van der Waals surface area (Å²) in [7, 11) is 0. The molecule has 0 aliphatic rings. The molecule has 1 aromatic carbocycles. The Balaban J connectivity index is 2.40. The molecule has 0 fully saturated rings. The van der Waals surface area contributed by atoms with E-state index >= 15 is 0 Å². The van der Waals surface area contributed by atoms with E-state index in [1.54, 1.807) is 13.0 Å². The number of hydrogen-bond acceptors (Lipinski definition) is 3. The van der Waals surface area contributed by atoms with Gasteiger partial charge in [0.25, 0.3) is 0 Å². The fourth-order valence-electron chi connectivity index (χ4n) is 1.80. The highest BCUT2D eigenvalue weighted by molar-refractivity contribution is 5.67. The number of benzene rings is 1. The van der Waals surface area contributed by atoms with E-state index in [0.29, 0.717) is 30.6 Å². The van der Waals surface area contributed by atoms with Crippen molar-refractivity contribution in [2.45, 2.75) is 46.1 Å². The number of aryl methyl sites for hydroxylation is 1. The van der Waals surface area contributed by atoms with Crippen LogP contribution in [0.15, 0.2) is 12.1 Å². The molecule has 1 aromatic rings. The topological polar surface area (TPSA) is 64.3 Å². The SMILES string of the molecule is Cc1c(F)cc(N)cc1CCCNC(=O)OC(C)(C)C. The van der Waals surface area contributed by atoms with E-state index in [0.717, 1.165) is 5.56 Å². The summed E-state index contributed by atoms with van der Waals surface area (Å²) in [5.74, 6) is -0.292. The first-order chi connectivity index (χ1) is 9.19. The average Bonchev–Trinajstić information content (AvgIpc) is 2.28. The number of halogens is 1. The van der Waals surface area contributed by atoms with Gasteiger partial charge in [-0.15, -0.1) is 0 Å². The first-order valence-electron chi connectivity index (χ1n) is 6.70. The van der Waals surface area contributed by atoms with E-state index in [1.807, 2.05) is 20.8 Å². The maximum atomic E-state index is 13.5. The summed E-state index contributed by atoms with van der Waals surface area (Å²) in [4.78, 5) is 11.4. The van der Waals surface area contributed by atoms with Gasteiger partial charge in [0.05, 0.1) is 0 Å².